The van der Waals surface area contributed by atoms with Crippen LogP contribution >= 0.6 is 22.9 Å². The summed E-state index contributed by atoms with van der Waals surface area (Å²) in [7, 11) is -1.92. The second-order valence-corrected chi connectivity index (χ2v) is 11.4. The van der Waals surface area contributed by atoms with E-state index in [-0.39, 0.29) is 11.6 Å². The van der Waals surface area contributed by atoms with Gasteiger partial charge < -0.3 is 15.8 Å². The number of nitrogens with one attached hydrogen (secondary N) is 1. The summed E-state index contributed by atoms with van der Waals surface area (Å²) in [6.45, 7) is 5.39. The summed E-state index contributed by atoms with van der Waals surface area (Å²) in [5.74, 6) is 1.15. The number of aromatic nitrogens is 1. The summed E-state index contributed by atoms with van der Waals surface area (Å²) in [6.07, 6.45) is 0. The molecular formula is C18H23ClN4O3S2. The Hall–Kier alpha value is -1.84. The molecule has 0 amide bonds. The van der Waals surface area contributed by atoms with Crippen molar-refractivity contribution < 1.29 is 13.2 Å². The number of amidine groups is 1. The minimum Gasteiger partial charge on any atom is -0.481 e. The molecule has 7 nitrogen and oxygen atoms in total. The molecule has 3 heterocycles. The fourth-order valence-electron chi connectivity index (χ4n) is 2.93. The molecule has 0 radical (unpaired) electrons. The number of rotatable bonds is 5. The number of anilines is 1. The van der Waals surface area contributed by atoms with E-state index in [4.69, 9.17) is 22.1 Å². The van der Waals surface area contributed by atoms with Crippen LogP contribution in [-0.2, 0) is 21.9 Å². The molecule has 0 aliphatic carbocycles. The minimum atomic E-state index is -3.48. The Morgan fingerprint density at radius 1 is 1.36 bits per heavy atom. The molecule has 0 saturated heterocycles. The van der Waals surface area contributed by atoms with E-state index in [0.717, 1.165) is 4.88 Å². The molecule has 2 aromatic heterocycles. The Balaban J connectivity index is 1.87. The highest BCUT2D eigenvalue weighted by atomic mass is 35.5. The fraction of sp³-hybridized carbons (Fsp3) is 0.444. The van der Waals surface area contributed by atoms with Crippen molar-refractivity contribution in [3.8, 4) is 5.88 Å². The van der Waals surface area contributed by atoms with E-state index in [0.29, 0.717) is 28.1 Å². The van der Waals surface area contributed by atoms with E-state index in [1.807, 2.05) is 18.2 Å². The van der Waals surface area contributed by atoms with Gasteiger partial charge in [-0.2, -0.15) is 4.98 Å². The number of aliphatic imine (C=N–C) groups is 1. The first-order valence-corrected chi connectivity index (χ1v) is 11.4. The third kappa shape index (κ3) is 3.70. The molecule has 0 fully saturated rings. The number of nitrogens with zero attached hydrogens (tertiary/aromatic N) is 2. The first-order valence-electron chi connectivity index (χ1n) is 8.60. The van der Waals surface area contributed by atoms with Crippen LogP contribution in [0, 0.1) is 0 Å². The predicted octanol–water partition coefficient (Wildman–Crippen LogP) is 3.20. The Morgan fingerprint density at radius 3 is 2.71 bits per heavy atom. The molecule has 0 aromatic carbocycles. The lowest BCUT2D eigenvalue weighted by Gasteiger charge is -2.37. The topological polar surface area (TPSA) is 107 Å². The highest BCUT2D eigenvalue weighted by molar-refractivity contribution is 7.93. The maximum atomic E-state index is 12.8. The number of halogens is 1. The quantitative estimate of drug-likeness (QED) is 0.736. The lowest BCUT2D eigenvalue weighted by atomic mass is 10.0. The zero-order valence-electron chi connectivity index (χ0n) is 16.1. The van der Waals surface area contributed by atoms with E-state index in [1.165, 1.54) is 11.3 Å². The van der Waals surface area contributed by atoms with Gasteiger partial charge in [0.2, 0.25) is 5.88 Å². The Morgan fingerprint density at radius 2 is 2.07 bits per heavy atom. The second kappa shape index (κ2) is 7.20. The molecule has 152 valence electrons. The maximum absolute atomic E-state index is 12.8. The van der Waals surface area contributed by atoms with Crippen LogP contribution in [0.4, 0.5) is 5.82 Å². The molecule has 1 unspecified atom stereocenters. The van der Waals surface area contributed by atoms with Gasteiger partial charge in [0.05, 0.1) is 29.3 Å². The van der Waals surface area contributed by atoms with Gasteiger partial charge in [-0.25, -0.2) is 8.42 Å². The summed E-state index contributed by atoms with van der Waals surface area (Å²) >= 11 is 7.87. The minimum absolute atomic E-state index is 0.103. The largest absolute Gasteiger partial charge is 0.481 e. The van der Waals surface area contributed by atoms with Crippen LogP contribution < -0.4 is 15.8 Å². The molecule has 3 rings (SSSR count). The molecule has 1 aliphatic rings. The molecule has 0 saturated carbocycles. The van der Waals surface area contributed by atoms with E-state index in [9.17, 15) is 8.42 Å². The third-order valence-corrected chi connectivity index (χ3v) is 9.34. The Bertz CT molecular complexity index is 1030. The number of methoxy groups -OCH3 is 1. The summed E-state index contributed by atoms with van der Waals surface area (Å²) in [6, 6.07) is 7.26. The van der Waals surface area contributed by atoms with Gasteiger partial charge in [-0.3, -0.25) is 4.99 Å². The number of hydrogen-bond donors (Lipinski definition) is 2. The zero-order chi connectivity index (χ0) is 20.7. The van der Waals surface area contributed by atoms with Gasteiger partial charge in [-0.05, 0) is 32.9 Å². The smallest absolute Gasteiger partial charge is 0.214 e. The fourth-order valence-corrected chi connectivity index (χ4v) is 6.29. The van der Waals surface area contributed by atoms with Crippen molar-refractivity contribution in [2.75, 3.05) is 18.2 Å². The molecular weight excluding hydrogens is 420 g/mol. The molecule has 1 aliphatic heterocycles. The lowest BCUT2D eigenvalue weighted by molar-refractivity contribution is 0.398. The molecule has 10 heteroatoms. The average Bonchev–Trinajstić information content (AvgIpc) is 3.00. The van der Waals surface area contributed by atoms with Crippen molar-refractivity contribution >= 4 is 44.4 Å². The van der Waals surface area contributed by atoms with Crippen LogP contribution in [0.5, 0.6) is 5.88 Å². The first-order chi connectivity index (χ1) is 13.0. The van der Waals surface area contributed by atoms with Gasteiger partial charge >= 0.3 is 0 Å². The van der Waals surface area contributed by atoms with Gasteiger partial charge in [0, 0.05) is 10.9 Å². The van der Waals surface area contributed by atoms with Crippen molar-refractivity contribution in [1.82, 2.24) is 4.98 Å². The predicted molar refractivity (Wildman–Crippen MR) is 114 cm³/mol. The van der Waals surface area contributed by atoms with Crippen LogP contribution in [0.15, 0.2) is 29.3 Å². The number of thiophene rings is 1. The maximum Gasteiger partial charge on any atom is 0.214 e. The molecule has 0 bridgehead atoms. The molecule has 3 N–H and O–H groups in total. The number of hydrogen-bond acceptors (Lipinski definition) is 8. The van der Waals surface area contributed by atoms with Crippen molar-refractivity contribution in [2.24, 2.45) is 10.7 Å². The van der Waals surface area contributed by atoms with E-state index < -0.39 is 20.1 Å². The van der Waals surface area contributed by atoms with Crippen LogP contribution in [0.2, 0.25) is 5.02 Å². The Kier molecular flexibility index (Phi) is 5.37. The normalized spacial score (nSPS) is 23.1. The number of sulfone groups is 1. The first kappa shape index (κ1) is 20.9. The van der Waals surface area contributed by atoms with Crippen molar-refractivity contribution in [2.45, 2.75) is 37.6 Å². The monoisotopic (exact) mass is 442 g/mol. The number of pyridine rings is 1. The summed E-state index contributed by atoms with van der Waals surface area (Å²) in [5, 5.41) is 3.69. The standard InChI is InChI=1S/C18H23ClN4O3S2/c1-17(2)16(20)23-18(3,10-28(17,24)25)15-12(19)8-11(27-15)9-21-13-6-5-7-14(22-13)26-4/h5-8H,9-10H2,1-4H3,(H2,20,23)(H,21,22). The van der Waals surface area contributed by atoms with Gasteiger partial charge in [-0.1, -0.05) is 17.7 Å². The van der Waals surface area contributed by atoms with Crippen molar-refractivity contribution in [3.05, 3.63) is 39.0 Å². The molecule has 0 spiro atoms. The van der Waals surface area contributed by atoms with E-state index >= 15 is 0 Å². The molecule has 1 atom stereocenters. The highest BCUT2D eigenvalue weighted by Crippen LogP contribution is 2.43. The average molecular weight is 443 g/mol. The zero-order valence-corrected chi connectivity index (χ0v) is 18.5. The highest BCUT2D eigenvalue weighted by Gasteiger charge is 2.49. The molecule has 28 heavy (non-hydrogen) atoms. The van der Waals surface area contributed by atoms with Crippen LogP contribution in [-0.4, -0.2) is 36.8 Å². The number of ether oxygens (including phenoxy) is 1. The summed E-state index contributed by atoms with van der Waals surface area (Å²) in [5.41, 5.74) is 5.01. The van der Waals surface area contributed by atoms with E-state index in [1.54, 1.807) is 33.9 Å². The van der Waals surface area contributed by atoms with Crippen LogP contribution in [0.25, 0.3) is 0 Å². The Labute approximate surface area is 173 Å². The number of nitrogens with two attached hydrogens (primary N) is 1. The van der Waals surface area contributed by atoms with Gasteiger partial charge in [0.15, 0.2) is 9.84 Å². The third-order valence-electron chi connectivity index (χ3n) is 4.84. The van der Waals surface area contributed by atoms with Crippen molar-refractivity contribution in [3.63, 3.8) is 0 Å². The van der Waals surface area contributed by atoms with E-state index in [2.05, 4.69) is 15.3 Å². The van der Waals surface area contributed by atoms with Crippen molar-refractivity contribution in [1.29, 1.82) is 0 Å². The van der Waals surface area contributed by atoms with Gasteiger partial charge in [0.1, 0.15) is 21.9 Å². The van der Waals surface area contributed by atoms with Crippen LogP contribution in [0.3, 0.4) is 0 Å². The summed E-state index contributed by atoms with van der Waals surface area (Å²) in [4.78, 5) is 10.5. The van der Waals surface area contributed by atoms with Gasteiger partial charge in [0.25, 0.3) is 0 Å². The van der Waals surface area contributed by atoms with Crippen LogP contribution in [0.1, 0.15) is 30.5 Å². The summed E-state index contributed by atoms with van der Waals surface area (Å²) < 4.78 is 29.5. The van der Waals surface area contributed by atoms with Gasteiger partial charge in [-0.15, -0.1) is 11.3 Å². The second-order valence-electron chi connectivity index (χ2n) is 7.35. The SMILES string of the molecule is COc1cccc(NCc2cc(Cl)c(C3(C)CS(=O)(=O)C(C)(C)C(N)=N3)s2)n1. The molecule has 2 aromatic rings. The lowest BCUT2D eigenvalue weighted by Crippen LogP contribution is -2.54.